The number of hydrogen-bond acceptors (Lipinski definition) is 3. The van der Waals surface area contributed by atoms with Gasteiger partial charge in [0.05, 0.1) is 6.04 Å². The van der Waals surface area contributed by atoms with Crippen molar-refractivity contribution in [3.05, 3.63) is 34.9 Å². The first-order valence-electron chi connectivity index (χ1n) is 5.37. The van der Waals surface area contributed by atoms with Crippen molar-refractivity contribution < 1.29 is 13.6 Å². The molecule has 0 heterocycles. The first-order chi connectivity index (χ1) is 8.18. The van der Waals surface area contributed by atoms with E-state index >= 15 is 0 Å². The van der Waals surface area contributed by atoms with Gasteiger partial charge in [-0.1, -0.05) is 20.8 Å². The highest BCUT2D eigenvalue weighted by Crippen LogP contribution is 2.22. The van der Waals surface area contributed by atoms with Crippen molar-refractivity contribution in [3.63, 3.8) is 0 Å². The van der Waals surface area contributed by atoms with Crippen molar-refractivity contribution in [2.75, 3.05) is 0 Å². The van der Waals surface area contributed by atoms with Crippen LogP contribution < -0.4 is 5.73 Å². The van der Waals surface area contributed by atoms with E-state index in [0.29, 0.717) is 0 Å². The summed E-state index contributed by atoms with van der Waals surface area (Å²) in [6.45, 7) is 5.27. The molecule has 0 amide bonds. The Kier molecular flexibility index (Phi) is 5.61. The van der Waals surface area contributed by atoms with Gasteiger partial charge in [-0.25, -0.2) is 8.78 Å². The van der Waals surface area contributed by atoms with Gasteiger partial charge in [0.1, 0.15) is 23.3 Å². The van der Waals surface area contributed by atoms with Crippen LogP contribution in [0.2, 0.25) is 0 Å². The van der Waals surface area contributed by atoms with E-state index in [0.717, 1.165) is 12.1 Å². The molecule has 0 radical (unpaired) electrons. The van der Waals surface area contributed by atoms with Crippen LogP contribution >= 0.6 is 12.4 Å². The van der Waals surface area contributed by atoms with Crippen molar-refractivity contribution >= 4 is 18.2 Å². The van der Waals surface area contributed by atoms with E-state index in [2.05, 4.69) is 0 Å². The molecule has 0 saturated carbocycles. The molecule has 0 saturated heterocycles. The summed E-state index contributed by atoms with van der Waals surface area (Å²) < 4.78 is 26.8. The van der Waals surface area contributed by atoms with E-state index in [9.17, 15) is 13.6 Å². The minimum atomic E-state index is -1.05. The lowest BCUT2D eigenvalue weighted by atomic mass is 9.83. The first-order valence-corrected chi connectivity index (χ1v) is 5.37. The summed E-state index contributed by atoms with van der Waals surface area (Å²) in [5.74, 6) is -2.66. The third-order valence-corrected chi connectivity index (χ3v) is 2.65. The van der Waals surface area contributed by atoms with Crippen molar-refractivity contribution in [2.24, 2.45) is 11.1 Å². The number of ketones is 1. The molecule has 0 bridgehead atoms. The Balaban J connectivity index is 0.00000324. The molecule has 6 heteroatoms. The fraction of sp³-hybridized carbons (Fsp3) is 0.385. The van der Waals surface area contributed by atoms with Gasteiger partial charge >= 0.3 is 0 Å². The average molecular weight is 289 g/mol. The Labute approximate surface area is 116 Å². The zero-order valence-corrected chi connectivity index (χ0v) is 11.6. The Morgan fingerprint density at radius 2 is 1.74 bits per heavy atom. The van der Waals surface area contributed by atoms with Crippen molar-refractivity contribution in [2.45, 2.75) is 26.8 Å². The molecule has 104 valence electrons. The number of nitrogens with zero attached hydrogens (tertiary/aromatic N) is 1. The van der Waals surface area contributed by atoms with E-state index in [-0.39, 0.29) is 18.0 Å². The van der Waals surface area contributed by atoms with Gasteiger partial charge in [-0.15, -0.1) is 12.4 Å². The van der Waals surface area contributed by atoms with E-state index in [4.69, 9.17) is 11.0 Å². The third-order valence-electron chi connectivity index (χ3n) is 2.65. The zero-order chi connectivity index (χ0) is 14.1. The van der Waals surface area contributed by atoms with E-state index in [1.54, 1.807) is 20.8 Å². The van der Waals surface area contributed by atoms with Gasteiger partial charge in [-0.3, -0.25) is 4.79 Å². The van der Waals surface area contributed by atoms with Gasteiger partial charge in [0.15, 0.2) is 5.78 Å². The highest BCUT2D eigenvalue weighted by molar-refractivity contribution is 6.00. The van der Waals surface area contributed by atoms with Gasteiger partial charge in [0.25, 0.3) is 0 Å². The maximum atomic E-state index is 13.4. The van der Waals surface area contributed by atoms with Crippen LogP contribution in [0.1, 0.15) is 36.7 Å². The van der Waals surface area contributed by atoms with Gasteiger partial charge in [0, 0.05) is 5.56 Å². The second-order valence-corrected chi connectivity index (χ2v) is 5.13. The van der Waals surface area contributed by atoms with Gasteiger partial charge < -0.3 is 5.73 Å². The van der Waals surface area contributed by atoms with E-state index < -0.39 is 34.4 Å². The molecule has 19 heavy (non-hydrogen) atoms. The minimum absolute atomic E-state index is 0. The number of Topliss-reactive ketones (excluding diaryl/α,β-unsaturated/α-hetero) is 1. The lowest BCUT2D eigenvalue weighted by Crippen LogP contribution is -2.42. The molecule has 0 aliphatic carbocycles. The second-order valence-electron chi connectivity index (χ2n) is 5.13. The van der Waals surface area contributed by atoms with Crippen LogP contribution in [0.5, 0.6) is 0 Å². The summed E-state index contributed by atoms with van der Waals surface area (Å²) in [6.07, 6.45) is 0. The molecule has 3 nitrogen and oxygen atoms in total. The number of nitrogens with two attached hydrogens (primary N) is 1. The number of rotatable bonds is 2. The Morgan fingerprint density at radius 1 is 1.32 bits per heavy atom. The SMILES string of the molecule is CC(C)(C)C(N)C(=O)c1cc(F)c(C#N)c(F)c1.Cl. The van der Waals surface area contributed by atoms with Crippen molar-refractivity contribution in [1.29, 1.82) is 5.26 Å². The van der Waals surface area contributed by atoms with Crippen LogP contribution in [0, 0.1) is 28.4 Å². The van der Waals surface area contributed by atoms with Crippen LogP contribution in [0.3, 0.4) is 0 Å². The topological polar surface area (TPSA) is 66.9 Å². The Morgan fingerprint density at radius 3 is 2.05 bits per heavy atom. The monoisotopic (exact) mass is 288 g/mol. The average Bonchev–Trinajstić information content (AvgIpc) is 2.25. The van der Waals surface area contributed by atoms with Crippen molar-refractivity contribution in [1.82, 2.24) is 0 Å². The summed E-state index contributed by atoms with van der Waals surface area (Å²) in [6, 6.07) is 2.21. The minimum Gasteiger partial charge on any atom is -0.321 e. The van der Waals surface area contributed by atoms with E-state index in [1.807, 2.05) is 0 Å². The molecule has 0 aliphatic heterocycles. The first kappa shape index (κ1) is 17.5. The molecular formula is C13H15ClF2N2O. The number of hydrogen-bond donors (Lipinski definition) is 1. The zero-order valence-electron chi connectivity index (χ0n) is 10.8. The second kappa shape index (κ2) is 6.09. The van der Waals surface area contributed by atoms with Crippen molar-refractivity contribution in [3.8, 4) is 6.07 Å². The molecule has 1 atom stereocenters. The molecule has 1 aromatic carbocycles. The molecule has 1 aromatic rings. The molecule has 2 N–H and O–H groups in total. The van der Waals surface area contributed by atoms with Crippen LogP contribution in [0.25, 0.3) is 0 Å². The van der Waals surface area contributed by atoms with Gasteiger partial charge in [0.2, 0.25) is 0 Å². The predicted octanol–water partition coefficient (Wildman–Crippen LogP) is 2.81. The predicted molar refractivity (Wildman–Crippen MR) is 70.1 cm³/mol. The van der Waals surface area contributed by atoms with Crippen LogP contribution in [-0.4, -0.2) is 11.8 Å². The standard InChI is InChI=1S/C13H14F2N2O.ClH/c1-13(2,3)12(17)11(18)7-4-9(14)8(6-16)10(15)5-7;/h4-5,12H,17H2,1-3H3;1H. The highest BCUT2D eigenvalue weighted by Gasteiger charge is 2.29. The summed E-state index contributed by atoms with van der Waals surface area (Å²) >= 11 is 0. The van der Waals surface area contributed by atoms with Crippen LogP contribution in [-0.2, 0) is 0 Å². The fourth-order valence-corrected chi connectivity index (χ4v) is 1.40. The summed E-state index contributed by atoms with van der Waals surface area (Å²) in [4.78, 5) is 12.0. The quantitative estimate of drug-likeness (QED) is 0.851. The molecule has 0 spiro atoms. The van der Waals surface area contributed by atoms with Crippen LogP contribution in [0.4, 0.5) is 8.78 Å². The number of nitriles is 1. The number of benzene rings is 1. The normalized spacial score (nSPS) is 12.3. The number of carbonyl (C=O) groups is 1. The van der Waals surface area contributed by atoms with Gasteiger partial charge in [-0.05, 0) is 17.5 Å². The maximum Gasteiger partial charge on any atom is 0.180 e. The van der Waals surface area contributed by atoms with Gasteiger partial charge in [-0.2, -0.15) is 5.26 Å². The lowest BCUT2D eigenvalue weighted by molar-refractivity contribution is 0.0900. The molecule has 0 fully saturated rings. The molecule has 1 rings (SSSR count). The fourth-order valence-electron chi connectivity index (χ4n) is 1.40. The molecule has 0 aliphatic rings. The smallest absolute Gasteiger partial charge is 0.180 e. The number of halogens is 3. The van der Waals surface area contributed by atoms with Crippen LogP contribution in [0.15, 0.2) is 12.1 Å². The molecule has 1 unspecified atom stereocenters. The largest absolute Gasteiger partial charge is 0.321 e. The Hall–Kier alpha value is -1.51. The molecule has 0 aromatic heterocycles. The lowest BCUT2D eigenvalue weighted by Gasteiger charge is -2.25. The summed E-state index contributed by atoms with van der Waals surface area (Å²) in [7, 11) is 0. The summed E-state index contributed by atoms with van der Waals surface area (Å²) in [5, 5.41) is 8.53. The number of carbonyl (C=O) groups excluding carboxylic acids is 1. The maximum absolute atomic E-state index is 13.4. The van der Waals surface area contributed by atoms with E-state index in [1.165, 1.54) is 6.07 Å². The third kappa shape index (κ3) is 3.72. The summed E-state index contributed by atoms with van der Waals surface area (Å²) in [5.41, 5.74) is 4.36. The Bertz CT molecular complexity index is 509. The molecular weight excluding hydrogens is 274 g/mol. The highest BCUT2D eigenvalue weighted by atomic mass is 35.5.